The van der Waals surface area contributed by atoms with E-state index in [1.807, 2.05) is 12.1 Å². The second kappa shape index (κ2) is 8.36. The molecule has 1 rings (SSSR count). The highest BCUT2D eigenvalue weighted by Gasteiger charge is 1.98. The number of Topliss-reactive ketones (excluding diaryl/α,β-unsaturated/α-hetero) is 1. The molecule has 0 heterocycles. The van der Waals surface area contributed by atoms with Crippen molar-refractivity contribution in [3.05, 3.63) is 53.1 Å². The first-order valence-corrected chi connectivity index (χ1v) is 7.02. The lowest BCUT2D eigenvalue weighted by Crippen LogP contribution is -1.96. The van der Waals surface area contributed by atoms with Crippen molar-refractivity contribution in [2.45, 2.75) is 40.5 Å². The Bertz CT molecular complexity index is 489. The predicted octanol–water partition coefficient (Wildman–Crippen LogP) is 4.96. The van der Waals surface area contributed by atoms with Crippen molar-refractivity contribution in [1.82, 2.24) is 0 Å². The fourth-order valence-corrected chi connectivity index (χ4v) is 1.76. The minimum atomic E-state index is 0.0755. The molecule has 0 aromatic heterocycles. The minimum Gasteiger partial charge on any atom is -0.490 e. The summed E-state index contributed by atoms with van der Waals surface area (Å²) in [4.78, 5) is 11.2. The molecule has 0 amide bonds. The van der Waals surface area contributed by atoms with Gasteiger partial charge in [-0.3, -0.25) is 4.79 Å². The van der Waals surface area contributed by atoms with Crippen molar-refractivity contribution in [2.75, 3.05) is 6.61 Å². The van der Waals surface area contributed by atoms with Gasteiger partial charge < -0.3 is 4.74 Å². The molecule has 0 unspecified atom stereocenters. The molecule has 0 fully saturated rings. The van der Waals surface area contributed by atoms with Gasteiger partial charge in [0.25, 0.3) is 0 Å². The molecule has 0 bridgehead atoms. The zero-order valence-corrected chi connectivity index (χ0v) is 12.9. The molecule has 20 heavy (non-hydrogen) atoms. The van der Waals surface area contributed by atoms with Gasteiger partial charge in [-0.05, 0) is 70.9 Å². The number of hydrogen-bond donors (Lipinski definition) is 0. The average molecular weight is 272 g/mol. The topological polar surface area (TPSA) is 26.3 Å². The molecule has 0 N–H and O–H groups in total. The van der Waals surface area contributed by atoms with Crippen molar-refractivity contribution in [3.63, 3.8) is 0 Å². The van der Waals surface area contributed by atoms with Crippen LogP contribution in [0.4, 0.5) is 0 Å². The highest BCUT2D eigenvalue weighted by Crippen LogP contribution is 2.13. The van der Waals surface area contributed by atoms with Gasteiger partial charge in [-0.2, -0.15) is 0 Å². The molecular weight excluding hydrogens is 248 g/mol. The summed E-state index contributed by atoms with van der Waals surface area (Å²) < 4.78 is 5.64. The molecule has 1 aromatic carbocycles. The first-order valence-electron chi connectivity index (χ1n) is 7.02. The van der Waals surface area contributed by atoms with Crippen molar-refractivity contribution in [3.8, 4) is 5.75 Å². The van der Waals surface area contributed by atoms with E-state index >= 15 is 0 Å². The van der Waals surface area contributed by atoms with Crippen LogP contribution in [0, 0.1) is 0 Å². The maximum atomic E-state index is 11.2. The number of ketones is 1. The Morgan fingerprint density at radius 2 is 1.70 bits per heavy atom. The Labute approximate surface area is 122 Å². The second-order valence-corrected chi connectivity index (χ2v) is 5.26. The van der Waals surface area contributed by atoms with E-state index in [0.717, 1.165) is 18.6 Å². The Hall–Kier alpha value is -1.83. The summed E-state index contributed by atoms with van der Waals surface area (Å²) in [6, 6.07) is 7.26. The molecule has 108 valence electrons. The molecule has 0 aliphatic carbocycles. The number of ether oxygens (including phenoxy) is 1. The lowest BCUT2D eigenvalue weighted by atomic mass is 10.1. The lowest BCUT2D eigenvalue weighted by Gasteiger charge is -2.05. The van der Waals surface area contributed by atoms with Gasteiger partial charge in [0.2, 0.25) is 0 Å². The van der Waals surface area contributed by atoms with Crippen molar-refractivity contribution in [1.29, 1.82) is 0 Å². The quantitative estimate of drug-likeness (QED) is 0.518. The number of hydrogen-bond acceptors (Lipinski definition) is 2. The third-order valence-electron chi connectivity index (χ3n) is 3.03. The van der Waals surface area contributed by atoms with E-state index in [9.17, 15) is 4.79 Å². The van der Waals surface area contributed by atoms with Crippen LogP contribution in [0.1, 0.15) is 50.9 Å². The van der Waals surface area contributed by atoms with Crippen molar-refractivity contribution in [2.24, 2.45) is 0 Å². The van der Waals surface area contributed by atoms with Gasteiger partial charge in [0, 0.05) is 5.56 Å². The number of rotatable bonds is 7. The van der Waals surface area contributed by atoms with Crippen LogP contribution < -0.4 is 4.74 Å². The van der Waals surface area contributed by atoms with Crippen LogP contribution in [0.15, 0.2) is 47.6 Å². The van der Waals surface area contributed by atoms with E-state index < -0.39 is 0 Å². The average Bonchev–Trinajstić information content (AvgIpc) is 2.39. The first kappa shape index (κ1) is 16.2. The molecule has 2 heteroatoms. The number of benzene rings is 1. The van der Waals surface area contributed by atoms with Gasteiger partial charge in [0.15, 0.2) is 5.78 Å². The van der Waals surface area contributed by atoms with Crippen molar-refractivity contribution >= 4 is 5.78 Å². The van der Waals surface area contributed by atoms with Crippen LogP contribution in [0.2, 0.25) is 0 Å². The fraction of sp³-hybridized carbons (Fsp3) is 0.389. The van der Waals surface area contributed by atoms with Gasteiger partial charge in [-0.25, -0.2) is 0 Å². The van der Waals surface area contributed by atoms with Gasteiger partial charge in [-0.15, -0.1) is 0 Å². The largest absolute Gasteiger partial charge is 0.490 e. The maximum absolute atomic E-state index is 11.2. The van der Waals surface area contributed by atoms with E-state index in [4.69, 9.17) is 4.74 Å². The van der Waals surface area contributed by atoms with Crippen molar-refractivity contribution < 1.29 is 9.53 Å². The third kappa shape index (κ3) is 6.37. The summed E-state index contributed by atoms with van der Waals surface area (Å²) in [6.07, 6.45) is 6.51. The lowest BCUT2D eigenvalue weighted by molar-refractivity contribution is 0.101. The molecule has 0 aliphatic rings. The van der Waals surface area contributed by atoms with E-state index in [-0.39, 0.29) is 5.78 Å². The van der Waals surface area contributed by atoms with Crippen LogP contribution in [0.5, 0.6) is 5.75 Å². The fourth-order valence-electron chi connectivity index (χ4n) is 1.76. The van der Waals surface area contributed by atoms with Crippen LogP contribution in [0.25, 0.3) is 0 Å². The van der Waals surface area contributed by atoms with Crippen LogP contribution in [-0.2, 0) is 0 Å². The Balaban J connectivity index is 2.39. The van der Waals surface area contributed by atoms with Crippen LogP contribution >= 0.6 is 0 Å². The van der Waals surface area contributed by atoms with Gasteiger partial charge in [0.05, 0.1) is 0 Å². The molecule has 0 radical (unpaired) electrons. The summed E-state index contributed by atoms with van der Waals surface area (Å²) in [5.74, 6) is 0.870. The highest BCUT2D eigenvalue weighted by molar-refractivity contribution is 5.94. The first-order chi connectivity index (χ1) is 9.49. The molecule has 0 atom stereocenters. The summed E-state index contributed by atoms with van der Waals surface area (Å²) in [6.45, 7) is 8.50. The summed E-state index contributed by atoms with van der Waals surface area (Å²) >= 11 is 0. The molecule has 0 spiro atoms. The molecule has 1 aromatic rings. The molecule has 0 aliphatic heterocycles. The summed E-state index contributed by atoms with van der Waals surface area (Å²) in [7, 11) is 0. The van der Waals surface area contributed by atoms with Gasteiger partial charge >= 0.3 is 0 Å². The normalized spacial score (nSPS) is 11.1. The third-order valence-corrected chi connectivity index (χ3v) is 3.03. The van der Waals surface area contributed by atoms with Gasteiger partial charge in [0.1, 0.15) is 12.4 Å². The molecular formula is C18H24O2. The molecule has 0 saturated heterocycles. The SMILES string of the molecule is CC(=O)c1ccc(OCC=C(C)CCC=C(C)C)cc1. The predicted molar refractivity (Wildman–Crippen MR) is 84.4 cm³/mol. The van der Waals surface area contributed by atoms with E-state index in [1.165, 1.54) is 11.1 Å². The summed E-state index contributed by atoms with van der Waals surface area (Å²) in [5.41, 5.74) is 3.41. The number of carbonyl (C=O) groups excluding carboxylic acids is 1. The Morgan fingerprint density at radius 3 is 2.25 bits per heavy atom. The number of carbonyl (C=O) groups is 1. The zero-order valence-electron chi connectivity index (χ0n) is 12.9. The second-order valence-electron chi connectivity index (χ2n) is 5.26. The summed E-state index contributed by atoms with van der Waals surface area (Å²) in [5, 5.41) is 0. The van der Waals surface area contributed by atoms with E-state index in [0.29, 0.717) is 12.2 Å². The molecule has 2 nitrogen and oxygen atoms in total. The minimum absolute atomic E-state index is 0.0755. The van der Waals surface area contributed by atoms with Crippen LogP contribution in [0.3, 0.4) is 0 Å². The van der Waals surface area contributed by atoms with Crippen LogP contribution in [-0.4, -0.2) is 12.4 Å². The smallest absolute Gasteiger partial charge is 0.159 e. The van der Waals surface area contributed by atoms with E-state index in [2.05, 4.69) is 32.9 Å². The maximum Gasteiger partial charge on any atom is 0.159 e. The highest BCUT2D eigenvalue weighted by atomic mass is 16.5. The standard InChI is InChI=1S/C18H24O2/c1-14(2)6-5-7-15(3)12-13-20-18-10-8-17(9-11-18)16(4)19/h6,8-12H,5,7,13H2,1-4H3. The monoisotopic (exact) mass is 272 g/mol. The Kier molecular flexibility index (Phi) is 6.78. The number of allylic oxidation sites excluding steroid dienone is 3. The van der Waals surface area contributed by atoms with E-state index in [1.54, 1.807) is 19.1 Å². The zero-order chi connectivity index (χ0) is 15.0. The Morgan fingerprint density at radius 1 is 1.05 bits per heavy atom. The molecule has 0 saturated carbocycles. The van der Waals surface area contributed by atoms with Gasteiger partial charge in [-0.1, -0.05) is 17.2 Å².